The molecule has 9 heteroatoms. The van der Waals surface area contributed by atoms with Crippen LogP contribution in [0.3, 0.4) is 0 Å². The van der Waals surface area contributed by atoms with Crippen molar-refractivity contribution in [2.24, 2.45) is 0 Å². The van der Waals surface area contributed by atoms with Crippen molar-refractivity contribution in [3.63, 3.8) is 0 Å². The number of ether oxygens (including phenoxy) is 2. The number of carbonyl (C=O) groups excluding carboxylic acids is 1. The molecule has 1 amide bonds. The third-order valence-corrected chi connectivity index (χ3v) is 4.24. The van der Waals surface area contributed by atoms with E-state index >= 15 is 0 Å². The molecule has 2 aromatic rings. The van der Waals surface area contributed by atoms with Crippen LogP contribution in [-0.4, -0.2) is 35.6 Å². The van der Waals surface area contributed by atoms with Gasteiger partial charge in [-0.25, -0.2) is 0 Å². The van der Waals surface area contributed by atoms with Crippen molar-refractivity contribution in [2.45, 2.75) is 26.3 Å². The fourth-order valence-electron chi connectivity index (χ4n) is 2.79. The van der Waals surface area contributed by atoms with E-state index in [1.165, 1.54) is 25.3 Å². The van der Waals surface area contributed by atoms with E-state index in [0.717, 1.165) is 0 Å². The number of nitro groups is 1. The van der Waals surface area contributed by atoms with Crippen LogP contribution >= 0.6 is 0 Å². The summed E-state index contributed by atoms with van der Waals surface area (Å²) in [4.78, 5) is 34.5. The number of aliphatic carboxylic acids is 1. The summed E-state index contributed by atoms with van der Waals surface area (Å²) in [5.41, 5.74) is 0.804. The predicted molar refractivity (Wildman–Crippen MR) is 104 cm³/mol. The third-order valence-electron chi connectivity index (χ3n) is 4.24. The smallest absolute Gasteiger partial charge is 0.305 e. The maximum atomic E-state index is 12.6. The molecule has 0 bridgehead atoms. The number of benzene rings is 2. The van der Waals surface area contributed by atoms with E-state index in [2.05, 4.69) is 5.32 Å². The fraction of sp³-hybridized carbons (Fsp3) is 0.300. The van der Waals surface area contributed by atoms with Crippen LogP contribution in [-0.2, 0) is 4.79 Å². The largest absolute Gasteiger partial charge is 0.493 e. The van der Waals surface area contributed by atoms with E-state index in [4.69, 9.17) is 9.47 Å². The van der Waals surface area contributed by atoms with Gasteiger partial charge in [0, 0.05) is 17.2 Å². The van der Waals surface area contributed by atoms with Crippen LogP contribution in [0.2, 0.25) is 0 Å². The molecule has 154 valence electrons. The lowest BCUT2D eigenvalue weighted by Gasteiger charge is -2.19. The highest BCUT2D eigenvalue weighted by Gasteiger charge is 2.22. The number of aryl methyl sites for hydroxylation is 1. The monoisotopic (exact) mass is 402 g/mol. The first-order chi connectivity index (χ1) is 13.8. The number of carbonyl (C=O) groups is 2. The van der Waals surface area contributed by atoms with Gasteiger partial charge >= 0.3 is 5.97 Å². The van der Waals surface area contributed by atoms with Crippen LogP contribution in [0.1, 0.15) is 40.9 Å². The number of hydrogen-bond acceptors (Lipinski definition) is 6. The topological polar surface area (TPSA) is 128 Å². The highest BCUT2D eigenvalue weighted by Crippen LogP contribution is 2.31. The summed E-state index contributed by atoms with van der Waals surface area (Å²) in [7, 11) is 1.46. The molecule has 0 aliphatic heterocycles. The average Bonchev–Trinajstić information content (AvgIpc) is 2.67. The van der Waals surface area contributed by atoms with E-state index in [1.807, 2.05) is 6.92 Å². The first kappa shape index (κ1) is 21.7. The maximum Gasteiger partial charge on any atom is 0.305 e. The second-order valence-corrected chi connectivity index (χ2v) is 6.23. The second-order valence-electron chi connectivity index (χ2n) is 6.23. The zero-order valence-electron chi connectivity index (χ0n) is 16.3. The Morgan fingerprint density at radius 3 is 2.52 bits per heavy atom. The zero-order valence-corrected chi connectivity index (χ0v) is 16.3. The van der Waals surface area contributed by atoms with Crippen LogP contribution < -0.4 is 14.8 Å². The molecule has 0 aromatic heterocycles. The number of methoxy groups -OCH3 is 1. The molecule has 0 saturated heterocycles. The first-order valence-electron chi connectivity index (χ1n) is 8.85. The van der Waals surface area contributed by atoms with E-state index in [-0.39, 0.29) is 17.7 Å². The minimum atomic E-state index is -1.11. The molecule has 9 nitrogen and oxygen atoms in total. The Morgan fingerprint density at radius 2 is 1.93 bits per heavy atom. The first-order valence-corrected chi connectivity index (χ1v) is 8.85. The Bertz CT molecular complexity index is 927. The lowest BCUT2D eigenvalue weighted by molar-refractivity contribution is -0.385. The lowest BCUT2D eigenvalue weighted by atomic mass is 10.0. The van der Waals surface area contributed by atoms with Gasteiger partial charge in [0.2, 0.25) is 0 Å². The minimum Gasteiger partial charge on any atom is -0.493 e. The Kier molecular flexibility index (Phi) is 7.13. The summed E-state index contributed by atoms with van der Waals surface area (Å²) in [6, 6.07) is 8.09. The summed E-state index contributed by atoms with van der Waals surface area (Å²) in [6.45, 7) is 3.82. The van der Waals surface area contributed by atoms with Gasteiger partial charge in [-0.2, -0.15) is 0 Å². The van der Waals surface area contributed by atoms with Crippen molar-refractivity contribution in [1.82, 2.24) is 5.32 Å². The molecule has 0 fully saturated rings. The van der Waals surface area contributed by atoms with Crippen LogP contribution in [0.25, 0.3) is 0 Å². The molecule has 0 spiro atoms. The summed E-state index contributed by atoms with van der Waals surface area (Å²) < 4.78 is 10.7. The van der Waals surface area contributed by atoms with Crippen molar-refractivity contribution in [2.75, 3.05) is 13.7 Å². The van der Waals surface area contributed by atoms with Crippen LogP contribution in [0, 0.1) is 17.0 Å². The van der Waals surface area contributed by atoms with Gasteiger partial charge in [-0.05, 0) is 37.6 Å². The van der Waals surface area contributed by atoms with Crippen LogP contribution in [0.5, 0.6) is 11.5 Å². The summed E-state index contributed by atoms with van der Waals surface area (Å²) in [6.07, 6.45) is -0.378. The molecule has 2 N–H and O–H groups in total. The summed E-state index contributed by atoms with van der Waals surface area (Å²) >= 11 is 0. The maximum absolute atomic E-state index is 12.6. The number of nitrogens with zero attached hydrogens (tertiary/aromatic N) is 1. The number of rotatable bonds is 9. The summed E-state index contributed by atoms with van der Waals surface area (Å²) in [5, 5.41) is 23.0. The molecule has 0 radical (unpaired) electrons. The second kappa shape index (κ2) is 9.54. The Labute approximate surface area is 167 Å². The fourth-order valence-corrected chi connectivity index (χ4v) is 2.79. The Morgan fingerprint density at radius 1 is 1.21 bits per heavy atom. The summed E-state index contributed by atoms with van der Waals surface area (Å²) in [5.74, 6) is -0.835. The van der Waals surface area contributed by atoms with Gasteiger partial charge in [-0.3, -0.25) is 19.7 Å². The number of amides is 1. The molecule has 1 atom stereocenters. The van der Waals surface area contributed by atoms with Gasteiger partial charge in [-0.15, -0.1) is 0 Å². The van der Waals surface area contributed by atoms with Gasteiger partial charge in [0.05, 0.1) is 31.1 Å². The Balaban J connectivity index is 2.34. The normalized spacial score (nSPS) is 11.4. The minimum absolute atomic E-state index is 0.0654. The van der Waals surface area contributed by atoms with Crippen molar-refractivity contribution < 1.29 is 29.1 Å². The van der Waals surface area contributed by atoms with Gasteiger partial charge < -0.3 is 19.9 Å². The molecule has 29 heavy (non-hydrogen) atoms. The number of carboxylic acid groups (broad SMARTS) is 1. The van der Waals surface area contributed by atoms with E-state index in [9.17, 15) is 24.8 Å². The number of nitro benzene ring substituents is 1. The average molecular weight is 402 g/mol. The molecule has 0 aliphatic carbocycles. The van der Waals surface area contributed by atoms with Crippen molar-refractivity contribution in [1.29, 1.82) is 0 Å². The lowest BCUT2D eigenvalue weighted by Crippen LogP contribution is -2.30. The molecule has 0 aliphatic rings. The zero-order chi connectivity index (χ0) is 21.6. The molecule has 0 saturated carbocycles. The Hall–Kier alpha value is -3.62. The van der Waals surface area contributed by atoms with Gasteiger partial charge in [0.25, 0.3) is 11.6 Å². The SMILES string of the molecule is CCOc1ccc(C(CC(=O)O)NC(=O)c2ccc(C)c([N+](=O)[O-])c2)cc1OC. The van der Waals surface area contributed by atoms with Crippen LogP contribution in [0.15, 0.2) is 36.4 Å². The third kappa shape index (κ3) is 5.44. The number of carboxylic acids is 1. The van der Waals surface area contributed by atoms with Crippen molar-refractivity contribution >= 4 is 17.6 Å². The quantitative estimate of drug-likeness (QED) is 0.487. The van der Waals surface area contributed by atoms with Crippen molar-refractivity contribution in [3.05, 3.63) is 63.2 Å². The molecule has 0 heterocycles. The van der Waals surface area contributed by atoms with E-state index < -0.39 is 22.8 Å². The van der Waals surface area contributed by atoms with Gasteiger partial charge in [-0.1, -0.05) is 12.1 Å². The van der Waals surface area contributed by atoms with Crippen molar-refractivity contribution in [3.8, 4) is 11.5 Å². The highest BCUT2D eigenvalue weighted by molar-refractivity contribution is 5.95. The van der Waals surface area contributed by atoms with Gasteiger partial charge in [0.1, 0.15) is 0 Å². The van der Waals surface area contributed by atoms with E-state index in [0.29, 0.717) is 29.2 Å². The molecular weight excluding hydrogens is 380 g/mol. The highest BCUT2D eigenvalue weighted by atomic mass is 16.6. The molecular formula is C20H22N2O7. The molecule has 2 rings (SSSR count). The van der Waals surface area contributed by atoms with E-state index in [1.54, 1.807) is 25.1 Å². The molecule has 1 unspecified atom stereocenters. The number of hydrogen-bond donors (Lipinski definition) is 2. The van der Waals surface area contributed by atoms with Gasteiger partial charge in [0.15, 0.2) is 11.5 Å². The molecule has 2 aromatic carbocycles. The predicted octanol–water partition coefficient (Wildman–Crippen LogP) is 3.26. The van der Waals surface area contributed by atoms with Crippen LogP contribution in [0.4, 0.5) is 5.69 Å². The standard InChI is InChI=1S/C20H22N2O7/c1-4-29-17-8-7-13(10-18(17)28-3)15(11-19(23)24)21-20(25)14-6-5-12(2)16(9-14)22(26)27/h5-10,15H,4,11H2,1-3H3,(H,21,25)(H,23,24). The number of nitrogens with one attached hydrogen (secondary N) is 1.